The van der Waals surface area contributed by atoms with Crippen LogP contribution in [0.5, 0.6) is 0 Å². The molecule has 7 nitrogen and oxygen atoms in total. The second-order valence-electron chi connectivity index (χ2n) is 6.24. The van der Waals surface area contributed by atoms with Crippen LogP contribution in [-0.2, 0) is 6.54 Å². The summed E-state index contributed by atoms with van der Waals surface area (Å²) in [5.41, 5.74) is 3.28. The Morgan fingerprint density at radius 1 is 1.32 bits per heavy atom. The standard InChI is InChI=1S/C18H20N6O/c25-18(17-10-16(22-23-17)15-2-1-7-20-15)21-14-5-3-13(4-6-14)11-24-9-8-19-12-24/h3-6,8-10,12,15,20H,1-2,7,11H2,(H,21,25)(H,22,23). The molecule has 4 rings (SSSR count). The average molecular weight is 336 g/mol. The largest absolute Gasteiger partial charge is 0.333 e. The first-order chi connectivity index (χ1) is 12.3. The van der Waals surface area contributed by atoms with Crippen LogP contribution < -0.4 is 10.6 Å². The highest BCUT2D eigenvalue weighted by atomic mass is 16.1. The summed E-state index contributed by atoms with van der Waals surface area (Å²) in [6.45, 7) is 1.77. The first kappa shape index (κ1) is 15.6. The van der Waals surface area contributed by atoms with Gasteiger partial charge in [-0.05, 0) is 43.1 Å². The molecule has 1 amide bonds. The highest BCUT2D eigenvalue weighted by Gasteiger charge is 2.20. The summed E-state index contributed by atoms with van der Waals surface area (Å²) in [5, 5.41) is 13.4. The zero-order chi connectivity index (χ0) is 17.1. The van der Waals surface area contributed by atoms with Crippen molar-refractivity contribution >= 4 is 11.6 Å². The van der Waals surface area contributed by atoms with Gasteiger partial charge in [-0.25, -0.2) is 4.98 Å². The minimum atomic E-state index is -0.206. The smallest absolute Gasteiger partial charge is 0.276 e. The van der Waals surface area contributed by atoms with Crippen molar-refractivity contribution < 1.29 is 4.79 Å². The molecular weight excluding hydrogens is 316 g/mol. The number of anilines is 1. The SMILES string of the molecule is O=C(Nc1ccc(Cn2ccnc2)cc1)c1cc(C2CCCN2)[nH]n1. The van der Waals surface area contributed by atoms with E-state index in [0.29, 0.717) is 5.69 Å². The topological polar surface area (TPSA) is 87.6 Å². The fraction of sp³-hybridized carbons (Fsp3) is 0.278. The molecule has 1 aromatic carbocycles. The minimum Gasteiger partial charge on any atom is -0.333 e. The fourth-order valence-electron chi connectivity index (χ4n) is 3.06. The quantitative estimate of drug-likeness (QED) is 0.667. The van der Waals surface area contributed by atoms with E-state index in [1.54, 1.807) is 12.5 Å². The van der Waals surface area contributed by atoms with E-state index in [9.17, 15) is 4.79 Å². The summed E-state index contributed by atoms with van der Waals surface area (Å²) in [6.07, 6.45) is 7.68. The number of H-pyrrole nitrogens is 1. The first-order valence-corrected chi connectivity index (χ1v) is 8.43. The number of nitrogens with zero attached hydrogens (tertiary/aromatic N) is 3. The number of benzene rings is 1. The van der Waals surface area contributed by atoms with Gasteiger partial charge in [-0.2, -0.15) is 5.10 Å². The van der Waals surface area contributed by atoms with Gasteiger partial charge in [0.15, 0.2) is 5.69 Å². The van der Waals surface area contributed by atoms with Gasteiger partial charge in [-0.1, -0.05) is 12.1 Å². The normalized spacial score (nSPS) is 16.9. The molecule has 7 heteroatoms. The Bertz CT molecular complexity index is 831. The Kier molecular flexibility index (Phi) is 4.30. The van der Waals surface area contributed by atoms with Crippen LogP contribution in [0.25, 0.3) is 0 Å². The summed E-state index contributed by atoms with van der Waals surface area (Å²) < 4.78 is 2.00. The summed E-state index contributed by atoms with van der Waals surface area (Å²) in [4.78, 5) is 16.4. The molecule has 1 aliphatic rings. The van der Waals surface area contributed by atoms with Gasteiger partial charge in [0.05, 0.1) is 12.0 Å². The van der Waals surface area contributed by atoms with E-state index in [4.69, 9.17) is 0 Å². The molecular formula is C18H20N6O. The predicted molar refractivity (Wildman–Crippen MR) is 94.3 cm³/mol. The Morgan fingerprint density at radius 3 is 2.92 bits per heavy atom. The molecule has 25 heavy (non-hydrogen) atoms. The van der Waals surface area contributed by atoms with Gasteiger partial charge in [0.2, 0.25) is 0 Å². The van der Waals surface area contributed by atoms with E-state index in [0.717, 1.165) is 42.9 Å². The summed E-state index contributed by atoms with van der Waals surface area (Å²) in [7, 11) is 0. The molecule has 0 bridgehead atoms. The summed E-state index contributed by atoms with van der Waals surface area (Å²) >= 11 is 0. The van der Waals surface area contributed by atoms with Crippen molar-refractivity contribution in [3.8, 4) is 0 Å². The number of carbonyl (C=O) groups is 1. The molecule has 0 spiro atoms. The number of aromatic nitrogens is 4. The number of hydrogen-bond acceptors (Lipinski definition) is 4. The van der Waals surface area contributed by atoms with Crippen LogP contribution in [0.4, 0.5) is 5.69 Å². The molecule has 1 saturated heterocycles. The molecule has 3 heterocycles. The van der Waals surface area contributed by atoms with Crippen molar-refractivity contribution in [3.05, 3.63) is 66.0 Å². The molecule has 1 fully saturated rings. The van der Waals surface area contributed by atoms with Crippen LogP contribution >= 0.6 is 0 Å². The average Bonchev–Trinajstić information content (AvgIpc) is 3.38. The molecule has 2 aromatic heterocycles. The Balaban J connectivity index is 1.38. The van der Waals surface area contributed by atoms with Crippen molar-refractivity contribution in [2.45, 2.75) is 25.4 Å². The fourth-order valence-corrected chi connectivity index (χ4v) is 3.06. The summed E-state index contributed by atoms with van der Waals surface area (Å²) in [6, 6.07) is 9.89. The third-order valence-corrected chi connectivity index (χ3v) is 4.40. The van der Waals surface area contributed by atoms with Gasteiger partial charge in [0.25, 0.3) is 5.91 Å². The van der Waals surface area contributed by atoms with Crippen molar-refractivity contribution in [3.63, 3.8) is 0 Å². The van der Waals surface area contributed by atoms with Gasteiger partial charge in [-0.3, -0.25) is 9.89 Å². The molecule has 0 aliphatic carbocycles. The molecule has 3 aromatic rings. The highest BCUT2D eigenvalue weighted by Crippen LogP contribution is 2.22. The number of hydrogen-bond donors (Lipinski definition) is 3. The number of aromatic amines is 1. The van der Waals surface area contributed by atoms with Crippen LogP contribution in [0, 0.1) is 0 Å². The van der Waals surface area contributed by atoms with Gasteiger partial charge in [0, 0.05) is 30.7 Å². The number of nitrogens with one attached hydrogen (secondary N) is 3. The number of imidazole rings is 1. The second-order valence-corrected chi connectivity index (χ2v) is 6.24. The van der Waals surface area contributed by atoms with Gasteiger partial charge in [0.1, 0.15) is 0 Å². The van der Waals surface area contributed by atoms with E-state index in [-0.39, 0.29) is 11.9 Å². The van der Waals surface area contributed by atoms with Crippen molar-refractivity contribution in [2.24, 2.45) is 0 Å². The van der Waals surface area contributed by atoms with Gasteiger partial charge in [-0.15, -0.1) is 0 Å². The van der Waals surface area contributed by atoms with Crippen LogP contribution in [0.2, 0.25) is 0 Å². The first-order valence-electron chi connectivity index (χ1n) is 8.43. The van der Waals surface area contributed by atoms with E-state index < -0.39 is 0 Å². The van der Waals surface area contributed by atoms with Gasteiger partial charge >= 0.3 is 0 Å². The van der Waals surface area contributed by atoms with Crippen LogP contribution in [-0.4, -0.2) is 32.2 Å². The Hall–Kier alpha value is -2.93. The Morgan fingerprint density at radius 2 is 2.20 bits per heavy atom. The third-order valence-electron chi connectivity index (χ3n) is 4.40. The van der Waals surface area contributed by atoms with Crippen LogP contribution in [0.15, 0.2) is 49.1 Å². The van der Waals surface area contributed by atoms with Gasteiger partial charge < -0.3 is 15.2 Å². The molecule has 128 valence electrons. The lowest BCUT2D eigenvalue weighted by Crippen LogP contribution is -2.13. The van der Waals surface area contributed by atoms with Crippen LogP contribution in [0.1, 0.15) is 40.6 Å². The molecule has 0 radical (unpaired) electrons. The molecule has 1 aliphatic heterocycles. The van der Waals surface area contributed by atoms with E-state index >= 15 is 0 Å². The lowest BCUT2D eigenvalue weighted by atomic mass is 10.1. The number of rotatable bonds is 5. The van der Waals surface area contributed by atoms with E-state index in [1.165, 1.54) is 0 Å². The molecule has 0 saturated carbocycles. The molecule has 1 atom stereocenters. The third kappa shape index (κ3) is 3.61. The second kappa shape index (κ2) is 6.90. The maximum Gasteiger partial charge on any atom is 0.276 e. The summed E-state index contributed by atoms with van der Waals surface area (Å²) in [5.74, 6) is -0.206. The lowest BCUT2D eigenvalue weighted by molar-refractivity contribution is 0.102. The van der Waals surface area contributed by atoms with E-state index in [2.05, 4.69) is 25.8 Å². The number of amides is 1. The monoisotopic (exact) mass is 336 g/mol. The molecule has 3 N–H and O–H groups in total. The Labute approximate surface area is 145 Å². The van der Waals surface area contributed by atoms with Crippen molar-refractivity contribution in [1.29, 1.82) is 0 Å². The zero-order valence-corrected chi connectivity index (χ0v) is 13.8. The molecule has 1 unspecified atom stereocenters. The maximum absolute atomic E-state index is 12.4. The number of carbonyl (C=O) groups excluding carboxylic acids is 1. The minimum absolute atomic E-state index is 0.206. The van der Waals surface area contributed by atoms with Crippen LogP contribution in [0.3, 0.4) is 0 Å². The zero-order valence-electron chi connectivity index (χ0n) is 13.8. The highest BCUT2D eigenvalue weighted by molar-refractivity contribution is 6.02. The maximum atomic E-state index is 12.4. The predicted octanol–water partition coefficient (Wildman–Crippen LogP) is 2.33. The van der Waals surface area contributed by atoms with Crippen molar-refractivity contribution in [2.75, 3.05) is 11.9 Å². The lowest BCUT2D eigenvalue weighted by Gasteiger charge is -2.06. The van der Waals surface area contributed by atoms with Crippen molar-refractivity contribution in [1.82, 2.24) is 25.1 Å². The van der Waals surface area contributed by atoms with E-state index in [1.807, 2.05) is 41.1 Å².